The van der Waals surface area contributed by atoms with Gasteiger partial charge in [-0.3, -0.25) is 9.78 Å². The molecule has 8 nitrogen and oxygen atoms in total. The van der Waals surface area contributed by atoms with E-state index in [1.165, 1.54) is 0 Å². The minimum atomic E-state index is -1.18. The van der Waals surface area contributed by atoms with Crippen molar-refractivity contribution >= 4 is 22.6 Å². The SMILES string of the molecule is CC(C)(O)C#CC(=O)N[C@H]1CC[C@@H](Oc2cc(N3CCOCC3)cc3nccnc23)CC1. The molecule has 1 saturated carbocycles. The van der Waals surface area contributed by atoms with Crippen LogP contribution < -0.4 is 15.0 Å². The van der Waals surface area contributed by atoms with Crippen LogP contribution in [0, 0.1) is 11.8 Å². The molecule has 2 fully saturated rings. The molecule has 2 aliphatic rings. The van der Waals surface area contributed by atoms with Crippen LogP contribution in [0.15, 0.2) is 24.5 Å². The van der Waals surface area contributed by atoms with Crippen LogP contribution in [0.3, 0.4) is 0 Å². The van der Waals surface area contributed by atoms with E-state index >= 15 is 0 Å². The smallest absolute Gasteiger partial charge is 0.296 e. The molecule has 32 heavy (non-hydrogen) atoms. The van der Waals surface area contributed by atoms with Gasteiger partial charge in [0, 0.05) is 43.3 Å². The Morgan fingerprint density at radius 1 is 1.19 bits per heavy atom. The lowest BCUT2D eigenvalue weighted by molar-refractivity contribution is -0.116. The van der Waals surface area contributed by atoms with Gasteiger partial charge in [0.25, 0.3) is 5.91 Å². The van der Waals surface area contributed by atoms with Gasteiger partial charge in [-0.2, -0.15) is 0 Å². The van der Waals surface area contributed by atoms with Crippen LogP contribution in [0.4, 0.5) is 5.69 Å². The topological polar surface area (TPSA) is 96.8 Å². The van der Waals surface area contributed by atoms with Gasteiger partial charge in [-0.1, -0.05) is 5.92 Å². The number of aliphatic hydroxyl groups is 1. The zero-order chi connectivity index (χ0) is 22.6. The number of aromatic nitrogens is 2. The van der Waals surface area contributed by atoms with Crippen LogP contribution in [0.1, 0.15) is 39.5 Å². The van der Waals surface area contributed by atoms with Crippen molar-refractivity contribution < 1.29 is 19.4 Å². The van der Waals surface area contributed by atoms with Gasteiger partial charge < -0.3 is 24.8 Å². The van der Waals surface area contributed by atoms with E-state index in [0.29, 0.717) is 13.2 Å². The van der Waals surface area contributed by atoms with E-state index in [1.807, 2.05) is 0 Å². The Morgan fingerprint density at radius 3 is 2.62 bits per heavy atom. The number of fused-ring (bicyclic) bond motifs is 1. The zero-order valence-electron chi connectivity index (χ0n) is 18.6. The molecule has 0 spiro atoms. The molecular weight excluding hydrogens is 408 g/mol. The molecule has 170 valence electrons. The molecule has 1 amide bonds. The van der Waals surface area contributed by atoms with Crippen molar-refractivity contribution in [2.24, 2.45) is 0 Å². The van der Waals surface area contributed by atoms with E-state index < -0.39 is 5.60 Å². The van der Waals surface area contributed by atoms with E-state index in [2.05, 4.69) is 44.2 Å². The van der Waals surface area contributed by atoms with Crippen molar-refractivity contribution in [2.45, 2.75) is 57.3 Å². The Kier molecular flexibility index (Phi) is 6.77. The van der Waals surface area contributed by atoms with Gasteiger partial charge in [-0.15, -0.1) is 0 Å². The van der Waals surface area contributed by atoms with E-state index in [-0.39, 0.29) is 18.1 Å². The first-order valence-corrected chi connectivity index (χ1v) is 11.2. The van der Waals surface area contributed by atoms with E-state index in [1.54, 1.807) is 26.2 Å². The van der Waals surface area contributed by atoms with Crippen molar-refractivity contribution in [2.75, 3.05) is 31.2 Å². The maximum atomic E-state index is 12.0. The standard InChI is InChI=1S/C24H30N4O4/c1-24(2,30)8-7-22(29)27-17-3-5-19(6-4-17)32-21-16-18(28-11-13-31-14-12-28)15-20-23(21)26-10-9-25-20/h9-10,15-17,19,30H,3-6,11-14H2,1-2H3,(H,27,29)/t17-,19+. The maximum Gasteiger partial charge on any atom is 0.296 e. The first kappa shape index (κ1) is 22.3. The van der Waals surface area contributed by atoms with Crippen LogP contribution in [-0.2, 0) is 9.53 Å². The van der Waals surface area contributed by atoms with Gasteiger partial charge in [-0.05, 0) is 51.5 Å². The minimum Gasteiger partial charge on any atom is -0.488 e. The maximum absolute atomic E-state index is 12.0. The highest BCUT2D eigenvalue weighted by atomic mass is 16.5. The second kappa shape index (κ2) is 9.72. The van der Waals surface area contributed by atoms with Gasteiger partial charge in [0.1, 0.15) is 16.9 Å². The third-order valence-electron chi connectivity index (χ3n) is 5.68. The Balaban J connectivity index is 1.41. The molecule has 1 aromatic heterocycles. The lowest BCUT2D eigenvalue weighted by atomic mass is 9.93. The van der Waals surface area contributed by atoms with Gasteiger partial charge in [0.2, 0.25) is 0 Å². The van der Waals surface area contributed by atoms with E-state index in [9.17, 15) is 9.90 Å². The molecule has 0 atom stereocenters. The number of morpholine rings is 1. The number of hydrogen-bond donors (Lipinski definition) is 2. The number of carbonyl (C=O) groups excluding carboxylic acids is 1. The Bertz CT molecular complexity index is 1010. The number of ether oxygens (including phenoxy) is 2. The third kappa shape index (κ3) is 5.87. The number of amides is 1. The summed E-state index contributed by atoms with van der Waals surface area (Å²) in [5, 5.41) is 12.6. The average Bonchev–Trinajstić information content (AvgIpc) is 2.79. The Labute approximate surface area is 188 Å². The average molecular weight is 439 g/mol. The van der Waals surface area contributed by atoms with E-state index in [0.717, 1.165) is 61.2 Å². The number of nitrogens with one attached hydrogen (secondary N) is 1. The van der Waals surface area contributed by atoms with Crippen LogP contribution in [-0.4, -0.2) is 65.0 Å². The van der Waals surface area contributed by atoms with Gasteiger partial charge in [-0.25, -0.2) is 4.98 Å². The lowest BCUT2D eigenvalue weighted by Crippen LogP contribution is -2.39. The largest absolute Gasteiger partial charge is 0.488 e. The summed E-state index contributed by atoms with van der Waals surface area (Å²) in [5.74, 6) is 5.41. The van der Waals surface area contributed by atoms with Crippen molar-refractivity contribution in [3.8, 4) is 17.6 Å². The predicted molar refractivity (Wildman–Crippen MR) is 121 cm³/mol. The summed E-state index contributed by atoms with van der Waals surface area (Å²) >= 11 is 0. The molecule has 0 unspecified atom stereocenters. The number of benzene rings is 1. The summed E-state index contributed by atoms with van der Waals surface area (Å²) in [5.41, 5.74) is 1.48. The molecule has 8 heteroatoms. The monoisotopic (exact) mass is 438 g/mol. The minimum absolute atomic E-state index is 0.0516. The zero-order valence-corrected chi connectivity index (χ0v) is 18.6. The van der Waals surface area contributed by atoms with Crippen molar-refractivity contribution in [1.29, 1.82) is 0 Å². The second-order valence-electron chi connectivity index (χ2n) is 8.84. The summed E-state index contributed by atoms with van der Waals surface area (Å²) in [6.07, 6.45) is 6.71. The summed E-state index contributed by atoms with van der Waals surface area (Å²) in [7, 11) is 0. The third-order valence-corrected chi connectivity index (χ3v) is 5.68. The quantitative estimate of drug-likeness (QED) is 0.705. The number of rotatable bonds is 4. The van der Waals surface area contributed by atoms with Crippen LogP contribution in [0.2, 0.25) is 0 Å². The predicted octanol–water partition coefficient (Wildman–Crippen LogP) is 2.05. The first-order chi connectivity index (χ1) is 15.4. The lowest BCUT2D eigenvalue weighted by Gasteiger charge is -2.31. The fourth-order valence-corrected chi connectivity index (χ4v) is 4.06. The van der Waals surface area contributed by atoms with E-state index in [4.69, 9.17) is 9.47 Å². The summed E-state index contributed by atoms with van der Waals surface area (Å²) in [6.45, 7) is 6.21. The first-order valence-electron chi connectivity index (χ1n) is 11.2. The molecular formula is C24H30N4O4. The molecule has 0 radical (unpaired) electrons. The number of nitrogens with zero attached hydrogens (tertiary/aromatic N) is 3. The van der Waals surface area contributed by atoms with Crippen LogP contribution in [0.25, 0.3) is 11.0 Å². The molecule has 1 aliphatic heterocycles. The molecule has 4 rings (SSSR count). The fourth-order valence-electron chi connectivity index (χ4n) is 4.06. The highest BCUT2D eigenvalue weighted by molar-refractivity contribution is 5.93. The second-order valence-corrected chi connectivity index (χ2v) is 8.84. The summed E-state index contributed by atoms with van der Waals surface area (Å²) in [4.78, 5) is 23.3. The van der Waals surface area contributed by atoms with Gasteiger partial charge in [0.15, 0.2) is 0 Å². The normalized spacial score (nSPS) is 21.5. The molecule has 0 bridgehead atoms. The molecule has 1 aliphatic carbocycles. The molecule has 2 heterocycles. The van der Waals surface area contributed by atoms with Crippen molar-refractivity contribution in [1.82, 2.24) is 15.3 Å². The highest BCUT2D eigenvalue weighted by Gasteiger charge is 2.25. The summed E-state index contributed by atoms with van der Waals surface area (Å²) < 4.78 is 11.9. The number of carbonyl (C=O) groups is 1. The number of hydrogen-bond acceptors (Lipinski definition) is 7. The van der Waals surface area contributed by atoms with Gasteiger partial charge in [0.05, 0.1) is 24.8 Å². The molecule has 2 N–H and O–H groups in total. The Morgan fingerprint density at radius 2 is 1.91 bits per heavy atom. The number of anilines is 1. The summed E-state index contributed by atoms with van der Waals surface area (Å²) in [6, 6.07) is 4.18. The van der Waals surface area contributed by atoms with Crippen molar-refractivity contribution in [3.05, 3.63) is 24.5 Å². The van der Waals surface area contributed by atoms with Crippen LogP contribution in [0.5, 0.6) is 5.75 Å². The fraction of sp³-hybridized carbons (Fsp3) is 0.542. The van der Waals surface area contributed by atoms with Gasteiger partial charge >= 0.3 is 0 Å². The molecule has 1 saturated heterocycles. The van der Waals surface area contributed by atoms with Crippen LogP contribution >= 0.6 is 0 Å². The Hall–Kier alpha value is -2.89. The highest BCUT2D eigenvalue weighted by Crippen LogP contribution is 2.32. The molecule has 1 aromatic carbocycles. The molecule has 2 aromatic rings. The van der Waals surface area contributed by atoms with Crippen molar-refractivity contribution in [3.63, 3.8) is 0 Å².